The fraction of sp³-hybridized carbons (Fsp3) is 0.583. The summed E-state index contributed by atoms with van der Waals surface area (Å²) in [6.45, 7) is 3.00. The van der Waals surface area contributed by atoms with E-state index in [1.807, 2.05) is 0 Å². The Morgan fingerprint density at radius 3 is 2.72 bits per heavy atom. The van der Waals surface area contributed by atoms with Crippen molar-refractivity contribution < 1.29 is 14.3 Å². The molecule has 0 spiro atoms. The molecule has 1 aliphatic heterocycles. The summed E-state index contributed by atoms with van der Waals surface area (Å²) in [5.74, 6) is 1.01. The van der Waals surface area contributed by atoms with Gasteiger partial charge in [-0.25, -0.2) is 0 Å². The van der Waals surface area contributed by atoms with E-state index in [1.54, 1.807) is 24.0 Å². The highest BCUT2D eigenvalue weighted by molar-refractivity contribution is 5.73. The number of methoxy groups -OCH3 is 1. The number of likely N-dealkylation sites (tertiary alicyclic amines) is 1. The van der Waals surface area contributed by atoms with Gasteiger partial charge in [0.1, 0.15) is 6.10 Å². The van der Waals surface area contributed by atoms with Gasteiger partial charge in [-0.05, 0) is 12.8 Å². The molecule has 0 aromatic carbocycles. The van der Waals surface area contributed by atoms with E-state index in [9.17, 15) is 4.79 Å². The molecule has 98 valence electrons. The van der Waals surface area contributed by atoms with Gasteiger partial charge >= 0.3 is 0 Å². The van der Waals surface area contributed by atoms with Crippen LogP contribution in [0.4, 0.5) is 0 Å². The van der Waals surface area contributed by atoms with Gasteiger partial charge < -0.3 is 14.4 Å². The SMILES string of the molecule is COc1ccc(OC2CCCN(C(C)=O)C2)nn1. The molecule has 18 heavy (non-hydrogen) atoms. The van der Waals surface area contributed by atoms with Crippen LogP contribution >= 0.6 is 0 Å². The normalized spacial score (nSPS) is 19.4. The van der Waals surface area contributed by atoms with Gasteiger partial charge in [-0.15, -0.1) is 10.2 Å². The molecular formula is C12H17N3O3. The maximum Gasteiger partial charge on any atom is 0.233 e. The molecule has 1 saturated heterocycles. The van der Waals surface area contributed by atoms with Crippen LogP contribution in [0.5, 0.6) is 11.8 Å². The predicted octanol–water partition coefficient (Wildman–Crippen LogP) is 0.875. The van der Waals surface area contributed by atoms with Gasteiger partial charge in [0.15, 0.2) is 0 Å². The number of carbonyl (C=O) groups is 1. The van der Waals surface area contributed by atoms with Crippen molar-refractivity contribution in [2.24, 2.45) is 0 Å². The highest BCUT2D eigenvalue weighted by Crippen LogP contribution is 2.17. The van der Waals surface area contributed by atoms with Crippen LogP contribution in [0.1, 0.15) is 19.8 Å². The Bertz CT molecular complexity index is 408. The van der Waals surface area contributed by atoms with Crippen LogP contribution in [0.15, 0.2) is 12.1 Å². The minimum Gasteiger partial charge on any atom is -0.480 e. The first kappa shape index (κ1) is 12.6. The average molecular weight is 251 g/mol. The van der Waals surface area contributed by atoms with Crippen molar-refractivity contribution in [3.63, 3.8) is 0 Å². The zero-order valence-electron chi connectivity index (χ0n) is 10.6. The lowest BCUT2D eigenvalue weighted by molar-refractivity contribution is -0.131. The van der Waals surface area contributed by atoms with Gasteiger partial charge in [0.05, 0.1) is 13.7 Å². The van der Waals surface area contributed by atoms with Gasteiger partial charge in [0.25, 0.3) is 0 Å². The smallest absolute Gasteiger partial charge is 0.233 e. The molecule has 0 aliphatic carbocycles. The number of nitrogens with zero attached hydrogens (tertiary/aromatic N) is 3. The standard InChI is InChI=1S/C12H17N3O3/c1-9(16)15-7-3-4-10(8-15)18-12-6-5-11(17-2)13-14-12/h5-6,10H,3-4,7-8H2,1-2H3. The maximum atomic E-state index is 11.3. The molecule has 1 fully saturated rings. The molecular weight excluding hydrogens is 234 g/mol. The van der Waals surface area contributed by atoms with Gasteiger partial charge in [-0.2, -0.15) is 0 Å². The first-order valence-electron chi connectivity index (χ1n) is 5.99. The maximum absolute atomic E-state index is 11.3. The molecule has 1 aromatic rings. The van der Waals surface area contributed by atoms with Crippen molar-refractivity contribution in [2.75, 3.05) is 20.2 Å². The lowest BCUT2D eigenvalue weighted by atomic mass is 10.1. The summed E-state index contributed by atoms with van der Waals surface area (Å²) in [5.41, 5.74) is 0. The number of piperidine rings is 1. The molecule has 1 amide bonds. The van der Waals surface area contributed by atoms with E-state index in [0.717, 1.165) is 19.4 Å². The second-order valence-corrected chi connectivity index (χ2v) is 4.26. The van der Waals surface area contributed by atoms with Gasteiger partial charge in [0.2, 0.25) is 17.7 Å². The van der Waals surface area contributed by atoms with E-state index in [4.69, 9.17) is 9.47 Å². The quantitative estimate of drug-likeness (QED) is 0.797. The molecule has 6 heteroatoms. The second kappa shape index (κ2) is 5.66. The lowest BCUT2D eigenvalue weighted by Gasteiger charge is -2.31. The van der Waals surface area contributed by atoms with Crippen LogP contribution in [0.3, 0.4) is 0 Å². The Morgan fingerprint density at radius 1 is 1.39 bits per heavy atom. The molecule has 1 aliphatic rings. The molecule has 0 radical (unpaired) electrons. The fourth-order valence-electron chi connectivity index (χ4n) is 1.97. The van der Waals surface area contributed by atoms with Crippen LogP contribution in [0, 0.1) is 0 Å². The first-order chi connectivity index (χ1) is 8.69. The van der Waals surface area contributed by atoms with Crippen LogP contribution < -0.4 is 9.47 Å². The molecule has 1 aromatic heterocycles. The van der Waals surface area contributed by atoms with E-state index in [-0.39, 0.29) is 12.0 Å². The third kappa shape index (κ3) is 3.09. The van der Waals surface area contributed by atoms with Crippen molar-refractivity contribution in [2.45, 2.75) is 25.9 Å². The lowest BCUT2D eigenvalue weighted by Crippen LogP contribution is -2.43. The Hall–Kier alpha value is -1.85. The Morgan fingerprint density at radius 2 is 2.11 bits per heavy atom. The first-order valence-corrected chi connectivity index (χ1v) is 5.99. The van der Waals surface area contributed by atoms with Crippen molar-refractivity contribution in [3.05, 3.63) is 12.1 Å². The molecule has 6 nitrogen and oxygen atoms in total. The number of hydrogen-bond donors (Lipinski definition) is 0. The Kier molecular flexibility index (Phi) is 3.96. The molecule has 2 rings (SSSR count). The third-order valence-corrected chi connectivity index (χ3v) is 2.94. The molecule has 1 unspecified atom stereocenters. The van der Waals surface area contributed by atoms with Crippen molar-refractivity contribution in [1.29, 1.82) is 0 Å². The minimum atomic E-state index is -0.00894. The zero-order valence-corrected chi connectivity index (χ0v) is 10.6. The molecule has 1 atom stereocenters. The summed E-state index contributed by atoms with van der Waals surface area (Å²) in [4.78, 5) is 13.1. The number of amides is 1. The zero-order chi connectivity index (χ0) is 13.0. The summed E-state index contributed by atoms with van der Waals surface area (Å²) in [6.07, 6.45) is 1.87. The third-order valence-electron chi connectivity index (χ3n) is 2.94. The van der Waals surface area contributed by atoms with Gasteiger partial charge in [-0.1, -0.05) is 0 Å². The highest BCUT2D eigenvalue weighted by Gasteiger charge is 2.23. The summed E-state index contributed by atoms with van der Waals surface area (Å²) in [5, 5.41) is 7.75. The van der Waals surface area contributed by atoms with E-state index in [1.165, 1.54) is 7.11 Å². The fourth-order valence-corrected chi connectivity index (χ4v) is 1.97. The molecule has 0 bridgehead atoms. The summed E-state index contributed by atoms with van der Waals surface area (Å²) in [6, 6.07) is 3.42. The average Bonchev–Trinajstić information content (AvgIpc) is 2.40. The highest BCUT2D eigenvalue weighted by atomic mass is 16.5. The number of aromatic nitrogens is 2. The number of rotatable bonds is 3. The summed E-state index contributed by atoms with van der Waals surface area (Å²) >= 11 is 0. The van der Waals surface area contributed by atoms with E-state index < -0.39 is 0 Å². The summed E-state index contributed by atoms with van der Waals surface area (Å²) < 4.78 is 10.6. The van der Waals surface area contributed by atoms with Crippen LogP contribution in [0.25, 0.3) is 0 Å². The van der Waals surface area contributed by atoms with Crippen molar-refractivity contribution in [3.8, 4) is 11.8 Å². The van der Waals surface area contributed by atoms with Gasteiger partial charge in [0, 0.05) is 25.6 Å². The van der Waals surface area contributed by atoms with Crippen LogP contribution in [-0.2, 0) is 4.79 Å². The monoisotopic (exact) mass is 251 g/mol. The number of ether oxygens (including phenoxy) is 2. The predicted molar refractivity (Wildman–Crippen MR) is 64.5 cm³/mol. The Balaban J connectivity index is 1.93. The molecule has 2 heterocycles. The van der Waals surface area contributed by atoms with Crippen LogP contribution in [0.2, 0.25) is 0 Å². The summed E-state index contributed by atoms with van der Waals surface area (Å²) in [7, 11) is 1.54. The van der Waals surface area contributed by atoms with E-state index >= 15 is 0 Å². The molecule has 0 N–H and O–H groups in total. The van der Waals surface area contributed by atoms with E-state index in [0.29, 0.717) is 18.3 Å². The minimum absolute atomic E-state index is 0.00894. The molecule has 0 saturated carbocycles. The topological polar surface area (TPSA) is 64.6 Å². The number of hydrogen-bond acceptors (Lipinski definition) is 5. The van der Waals surface area contributed by atoms with Gasteiger partial charge in [-0.3, -0.25) is 4.79 Å². The largest absolute Gasteiger partial charge is 0.480 e. The van der Waals surface area contributed by atoms with Crippen molar-refractivity contribution in [1.82, 2.24) is 15.1 Å². The van der Waals surface area contributed by atoms with Crippen LogP contribution in [-0.4, -0.2) is 47.3 Å². The van der Waals surface area contributed by atoms with E-state index in [2.05, 4.69) is 10.2 Å². The second-order valence-electron chi connectivity index (χ2n) is 4.26. The number of carbonyl (C=O) groups excluding carboxylic acids is 1. The Labute approximate surface area is 106 Å². The van der Waals surface area contributed by atoms with Crippen molar-refractivity contribution >= 4 is 5.91 Å².